The van der Waals surface area contributed by atoms with E-state index >= 15 is 0 Å². The Kier molecular flexibility index (Phi) is 3.70. The van der Waals surface area contributed by atoms with Gasteiger partial charge < -0.3 is 5.32 Å². The van der Waals surface area contributed by atoms with Crippen molar-refractivity contribution in [1.82, 2.24) is 4.98 Å². The number of benzene rings is 1. The highest BCUT2D eigenvalue weighted by Gasteiger charge is 2.14. The molecule has 5 nitrogen and oxygen atoms in total. The van der Waals surface area contributed by atoms with E-state index < -0.39 is 4.92 Å². The predicted octanol–water partition coefficient (Wildman–Crippen LogP) is 3.62. The van der Waals surface area contributed by atoms with Crippen molar-refractivity contribution in [1.29, 1.82) is 0 Å². The maximum absolute atomic E-state index is 11.0. The lowest BCUT2D eigenvalue weighted by molar-refractivity contribution is -0.384. The number of hydrogen-bond acceptors (Lipinski definition) is 4. The van der Waals surface area contributed by atoms with E-state index in [4.69, 9.17) is 0 Å². The van der Waals surface area contributed by atoms with Crippen molar-refractivity contribution in [2.75, 3.05) is 12.4 Å². The zero-order chi connectivity index (χ0) is 14.9. The molecule has 0 unspecified atom stereocenters. The largest absolute Gasteiger partial charge is 0.373 e. The fourth-order valence-electron chi connectivity index (χ4n) is 2.12. The molecule has 0 aliphatic rings. The van der Waals surface area contributed by atoms with Crippen LogP contribution in [0.4, 0.5) is 11.5 Å². The Morgan fingerprint density at radius 2 is 1.70 bits per heavy atom. The van der Waals surface area contributed by atoms with Gasteiger partial charge in [-0.25, -0.2) is 4.98 Å². The average Bonchev–Trinajstić information content (AvgIpc) is 2.42. The number of anilines is 1. The predicted molar refractivity (Wildman–Crippen MR) is 80.1 cm³/mol. The highest BCUT2D eigenvalue weighted by Crippen LogP contribution is 2.29. The lowest BCUT2D eigenvalue weighted by Gasteiger charge is -2.10. The minimum absolute atomic E-state index is 0.0389. The molecule has 5 heteroatoms. The van der Waals surface area contributed by atoms with Crippen molar-refractivity contribution in [3.63, 3.8) is 0 Å². The molecule has 0 bridgehead atoms. The van der Waals surface area contributed by atoms with Gasteiger partial charge in [0.25, 0.3) is 5.69 Å². The molecule has 0 fully saturated rings. The highest BCUT2D eigenvalue weighted by molar-refractivity contribution is 5.69. The zero-order valence-corrected chi connectivity index (χ0v) is 12.0. The molecule has 0 amide bonds. The first-order valence-corrected chi connectivity index (χ1v) is 6.35. The Bertz CT molecular complexity index is 681. The van der Waals surface area contributed by atoms with E-state index in [2.05, 4.69) is 16.4 Å². The Morgan fingerprint density at radius 1 is 1.05 bits per heavy atom. The van der Waals surface area contributed by atoms with Crippen LogP contribution >= 0.6 is 0 Å². The Labute approximate surface area is 117 Å². The zero-order valence-electron chi connectivity index (χ0n) is 12.0. The maximum Gasteiger partial charge on any atom is 0.275 e. The van der Waals surface area contributed by atoms with Crippen molar-refractivity contribution in [3.05, 3.63) is 51.1 Å². The van der Waals surface area contributed by atoms with Gasteiger partial charge in [0.1, 0.15) is 5.82 Å². The van der Waals surface area contributed by atoms with E-state index in [1.54, 1.807) is 7.05 Å². The third kappa shape index (κ3) is 2.61. The van der Waals surface area contributed by atoms with Gasteiger partial charge in [0.15, 0.2) is 0 Å². The number of aromatic nitrogens is 1. The van der Waals surface area contributed by atoms with Crippen molar-refractivity contribution in [3.8, 4) is 11.3 Å². The second-order valence-corrected chi connectivity index (χ2v) is 4.85. The topological polar surface area (TPSA) is 68.1 Å². The van der Waals surface area contributed by atoms with E-state index in [0.29, 0.717) is 11.5 Å². The summed E-state index contributed by atoms with van der Waals surface area (Å²) in [6.07, 6.45) is 0. The van der Waals surface area contributed by atoms with E-state index in [-0.39, 0.29) is 5.69 Å². The number of nitrogens with zero attached hydrogens (tertiary/aromatic N) is 2. The van der Waals surface area contributed by atoms with Gasteiger partial charge in [-0.2, -0.15) is 0 Å². The number of nitrogens with one attached hydrogen (secondary N) is 1. The first-order chi connectivity index (χ1) is 9.42. The van der Waals surface area contributed by atoms with Gasteiger partial charge in [-0.1, -0.05) is 6.07 Å². The van der Waals surface area contributed by atoms with Gasteiger partial charge in [-0.05, 0) is 43.5 Å². The van der Waals surface area contributed by atoms with Crippen molar-refractivity contribution in [2.24, 2.45) is 0 Å². The number of rotatable bonds is 3. The molecule has 2 rings (SSSR count). The van der Waals surface area contributed by atoms with E-state index in [1.807, 2.05) is 26.8 Å². The summed E-state index contributed by atoms with van der Waals surface area (Å²) >= 11 is 0. The van der Waals surface area contributed by atoms with Crippen LogP contribution in [-0.4, -0.2) is 17.0 Å². The normalized spacial score (nSPS) is 10.4. The second-order valence-electron chi connectivity index (χ2n) is 4.85. The minimum atomic E-state index is -0.400. The molecular formula is C15H17N3O2. The Morgan fingerprint density at radius 3 is 2.30 bits per heavy atom. The molecule has 1 aromatic heterocycles. The fraction of sp³-hybridized carbons (Fsp3) is 0.267. The summed E-state index contributed by atoms with van der Waals surface area (Å²) < 4.78 is 0. The van der Waals surface area contributed by atoms with Gasteiger partial charge in [-0.3, -0.25) is 10.1 Å². The molecule has 0 aliphatic heterocycles. The third-order valence-corrected chi connectivity index (χ3v) is 3.39. The first-order valence-electron chi connectivity index (χ1n) is 6.35. The molecule has 2 aromatic rings. The lowest BCUT2D eigenvalue weighted by Crippen LogP contribution is -1.99. The first kappa shape index (κ1) is 14.0. The summed E-state index contributed by atoms with van der Waals surface area (Å²) in [5.74, 6) is 0.492. The molecule has 1 heterocycles. The molecule has 0 spiro atoms. The number of pyridine rings is 1. The minimum Gasteiger partial charge on any atom is -0.373 e. The molecular weight excluding hydrogens is 254 g/mol. The molecule has 1 aromatic carbocycles. The summed E-state index contributed by atoms with van der Waals surface area (Å²) in [5.41, 5.74) is 4.98. The van der Waals surface area contributed by atoms with Crippen LogP contribution in [-0.2, 0) is 0 Å². The Hall–Kier alpha value is -2.43. The monoisotopic (exact) mass is 271 g/mol. The molecule has 104 valence electrons. The summed E-state index contributed by atoms with van der Waals surface area (Å²) in [5, 5.41) is 13.9. The lowest BCUT2D eigenvalue weighted by atomic mass is 9.98. The van der Waals surface area contributed by atoms with Crippen LogP contribution in [0.5, 0.6) is 0 Å². The molecule has 0 saturated heterocycles. The van der Waals surface area contributed by atoms with Crippen LogP contribution in [0.15, 0.2) is 24.3 Å². The summed E-state index contributed by atoms with van der Waals surface area (Å²) in [4.78, 5) is 15.0. The number of aryl methyl sites for hydroxylation is 3. The molecule has 0 saturated carbocycles. The molecule has 1 N–H and O–H groups in total. The van der Waals surface area contributed by atoms with Crippen LogP contribution in [0.1, 0.15) is 16.7 Å². The molecule has 0 radical (unpaired) electrons. The van der Waals surface area contributed by atoms with Gasteiger partial charge in [0.2, 0.25) is 0 Å². The second kappa shape index (κ2) is 5.28. The van der Waals surface area contributed by atoms with Crippen LogP contribution < -0.4 is 5.32 Å². The summed E-state index contributed by atoms with van der Waals surface area (Å²) in [6, 6.07) is 7.04. The van der Waals surface area contributed by atoms with E-state index in [1.165, 1.54) is 17.7 Å². The van der Waals surface area contributed by atoms with Crippen LogP contribution in [0.25, 0.3) is 11.3 Å². The number of hydrogen-bond donors (Lipinski definition) is 1. The van der Waals surface area contributed by atoms with Gasteiger partial charge in [-0.15, -0.1) is 0 Å². The van der Waals surface area contributed by atoms with Gasteiger partial charge in [0.05, 0.1) is 16.7 Å². The smallest absolute Gasteiger partial charge is 0.275 e. The van der Waals surface area contributed by atoms with Crippen LogP contribution in [0.2, 0.25) is 0 Å². The highest BCUT2D eigenvalue weighted by atomic mass is 16.6. The van der Waals surface area contributed by atoms with Crippen LogP contribution in [0, 0.1) is 30.9 Å². The van der Waals surface area contributed by atoms with Gasteiger partial charge >= 0.3 is 0 Å². The molecule has 0 aliphatic carbocycles. The quantitative estimate of drug-likeness (QED) is 0.683. The van der Waals surface area contributed by atoms with E-state index in [9.17, 15) is 10.1 Å². The fourth-order valence-corrected chi connectivity index (χ4v) is 2.12. The van der Waals surface area contributed by atoms with Crippen LogP contribution in [0.3, 0.4) is 0 Å². The summed E-state index contributed by atoms with van der Waals surface area (Å²) in [6.45, 7) is 6.06. The molecule has 20 heavy (non-hydrogen) atoms. The van der Waals surface area contributed by atoms with E-state index in [0.717, 1.165) is 16.7 Å². The van der Waals surface area contributed by atoms with Crippen molar-refractivity contribution < 1.29 is 4.92 Å². The summed E-state index contributed by atoms with van der Waals surface area (Å²) in [7, 11) is 1.70. The van der Waals surface area contributed by atoms with Crippen molar-refractivity contribution >= 4 is 11.5 Å². The number of nitro groups is 1. The Balaban J connectivity index is 2.66. The maximum atomic E-state index is 11.0. The SMILES string of the molecule is CNc1cc([N+](=O)[O-])cc(-c2cc(C)c(C)cc2C)n1. The van der Waals surface area contributed by atoms with Crippen molar-refractivity contribution in [2.45, 2.75) is 20.8 Å². The van der Waals surface area contributed by atoms with Gasteiger partial charge in [0, 0.05) is 18.7 Å². The standard InChI is InChI=1S/C15H17N3O2/c1-9-5-11(3)13(6-10(9)2)14-7-12(18(19)20)8-15(16-4)17-14/h5-8H,1-4H3,(H,16,17). The third-order valence-electron chi connectivity index (χ3n) is 3.39. The average molecular weight is 271 g/mol. The molecule has 0 atom stereocenters.